The number of rotatable bonds is 5. The van der Waals surface area contributed by atoms with Crippen molar-refractivity contribution >= 4 is 11.8 Å². The molecule has 0 atom stereocenters. The number of hydrogen-bond acceptors (Lipinski definition) is 3. The van der Waals surface area contributed by atoms with Crippen molar-refractivity contribution in [3.05, 3.63) is 69.6 Å². The first-order valence-corrected chi connectivity index (χ1v) is 6.79. The van der Waals surface area contributed by atoms with Crippen LogP contribution in [0.2, 0.25) is 0 Å². The van der Waals surface area contributed by atoms with E-state index in [-0.39, 0.29) is 12.2 Å². The van der Waals surface area contributed by atoms with Crippen LogP contribution < -0.4 is 16.6 Å². The van der Waals surface area contributed by atoms with E-state index in [4.69, 9.17) is 5.73 Å². The Balaban J connectivity index is 2.15. The lowest BCUT2D eigenvalue weighted by atomic mass is 10.1. The molecule has 1 aromatic heterocycles. The second kappa shape index (κ2) is 6.71. The van der Waals surface area contributed by atoms with Crippen molar-refractivity contribution in [1.29, 1.82) is 0 Å². The number of nitrogens with zero attached hydrogens (tertiary/aromatic N) is 1. The lowest BCUT2D eigenvalue weighted by Crippen LogP contribution is -2.35. The van der Waals surface area contributed by atoms with E-state index in [2.05, 4.69) is 5.32 Å². The predicted molar refractivity (Wildman–Crippen MR) is 82.2 cm³/mol. The molecule has 1 aromatic carbocycles. The van der Waals surface area contributed by atoms with Gasteiger partial charge in [-0.1, -0.05) is 35.9 Å². The first-order valence-electron chi connectivity index (χ1n) is 6.79. The fourth-order valence-electron chi connectivity index (χ4n) is 2.02. The van der Waals surface area contributed by atoms with Gasteiger partial charge in [-0.05, 0) is 18.6 Å². The number of nitrogens with one attached hydrogen (secondary N) is 1. The molecule has 0 radical (unpaired) electrons. The van der Waals surface area contributed by atoms with Gasteiger partial charge in [0.05, 0.1) is 0 Å². The highest BCUT2D eigenvalue weighted by atomic mass is 16.2. The number of aryl methyl sites for hydroxylation is 1. The first kappa shape index (κ1) is 15.5. The minimum atomic E-state index is -0.680. The van der Waals surface area contributed by atoms with Crippen LogP contribution in [0, 0.1) is 6.92 Å². The van der Waals surface area contributed by atoms with Crippen LogP contribution in [0.1, 0.15) is 21.6 Å². The molecule has 0 aliphatic heterocycles. The van der Waals surface area contributed by atoms with Crippen molar-refractivity contribution in [3.8, 4) is 0 Å². The summed E-state index contributed by atoms with van der Waals surface area (Å²) >= 11 is 0. The Morgan fingerprint density at radius 1 is 1.14 bits per heavy atom. The maximum atomic E-state index is 12.2. The van der Waals surface area contributed by atoms with Gasteiger partial charge in [0.1, 0.15) is 12.2 Å². The van der Waals surface area contributed by atoms with Crippen molar-refractivity contribution in [3.63, 3.8) is 0 Å². The molecule has 0 saturated heterocycles. The zero-order valence-corrected chi connectivity index (χ0v) is 12.2. The van der Waals surface area contributed by atoms with Crippen LogP contribution in [0.5, 0.6) is 0 Å². The highest BCUT2D eigenvalue weighted by Crippen LogP contribution is 2.03. The first-order chi connectivity index (χ1) is 10.5. The third kappa shape index (κ3) is 3.82. The number of pyridine rings is 1. The van der Waals surface area contributed by atoms with E-state index in [1.807, 2.05) is 31.2 Å². The average molecular weight is 299 g/mol. The van der Waals surface area contributed by atoms with E-state index in [0.29, 0.717) is 6.54 Å². The Morgan fingerprint density at radius 3 is 2.45 bits per heavy atom. The SMILES string of the molecule is Cc1ccc(CNC(=O)c2cccc(=O)n2CC(N)=O)cc1. The van der Waals surface area contributed by atoms with E-state index < -0.39 is 17.4 Å². The van der Waals surface area contributed by atoms with Crippen LogP contribution >= 0.6 is 0 Å². The molecule has 6 nitrogen and oxygen atoms in total. The second-order valence-electron chi connectivity index (χ2n) is 4.97. The molecule has 0 bridgehead atoms. The van der Waals surface area contributed by atoms with Crippen molar-refractivity contribution < 1.29 is 9.59 Å². The fraction of sp³-hybridized carbons (Fsp3) is 0.188. The number of benzene rings is 1. The largest absolute Gasteiger partial charge is 0.368 e. The van der Waals surface area contributed by atoms with Crippen LogP contribution in [-0.2, 0) is 17.9 Å². The molecule has 0 fully saturated rings. The number of nitrogens with two attached hydrogens (primary N) is 1. The van der Waals surface area contributed by atoms with Gasteiger partial charge in [0.2, 0.25) is 5.91 Å². The Bertz CT molecular complexity index is 748. The molecule has 6 heteroatoms. The highest BCUT2D eigenvalue weighted by Gasteiger charge is 2.13. The summed E-state index contributed by atoms with van der Waals surface area (Å²) in [6.45, 7) is 1.99. The Morgan fingerprint density at radius 2 is 1.82 bits per heavy atom. The van der Waals surface area contributed by atoms with Gasteiger partial charge in [-0.3, -0.25) is 19.0 Å². The number of carbonyl (C=O) groups is 2. The number of primary amides is 1. The van der Waals surface area contributed by atoms with E-state index in [1.54, 1.807) is 0 Å². The molecule has 114 valence electrons. The molecule has 0 aliphatic rings. The Hall–Kier alpha value is -2.89. The van der Waals surface area contributed by atoms with E-state index in [1.165, 1.54) is 18.2 Å². The van der Waals surface area contributed by atoms with Gasteiger partial charge in [-0.2, -0.15) is 0 Å². The number of aromatic nitrogens is 1. The molecular weight excluding hydrogens is 282 g/mol. The van der Waals surface area contributed by atoms with Crippen LogP contribution in [0.3, 0.4) is 0 Å². The summed E-state index contributed by atoms with van der Waals surface area (Å²) in [4.78, 5) is 35.0. The molecule has 22 heavy (non-hydrogen) atoms. The zero-order chi connectivity index (χ0) is 16.1. The topological polar surface area (TPSA) is 94.2 Å². The van der Waals surface area contributed by atoms with Gasteiger partial charge in [-0.25, -0.2) is 0 Å². The fourth-order valence-corrected chi connectivity index (χ4v) is 2.02. The average Bonchev–Trinajstić information content (AvgIpc) is 2.48. The smallest absolute Gasteiger partial charge is 0.268 e. The van der Waals surface area contributed by atoms with Crippen LogP contribution in [-0.4, -0.2) is 16.4 Å². The molecule has 0 aliphatic carbocycles. The van der Waals surface area contributed by atoms with Crippen molar-refractivity contribution in [2.75, 3.05) is 0 Å². The van der Waals surface area contributed by atoms with Gasteiger partial charge in [0, 0.05) is 12.6 Å². The van der Waals surface area contributed by atoms with Crippen LogP contribution in [0.4, 0.5) is 0 Å². The summed E-state index contributed by atoms with van der Waals surface area (Å²) in [5, 5.41) is 2.72. The lowest BCUT2D eigenvalue weighted by Gasteiger charge is -2.11. The third-order valence-corrected chi connectivity index (χ3v) is 3.17. The minimum absolute atomic E-state index is 0.110. The Kier molecular flexibility index (Phi) is 4.73. The van der Waals surface area contributed by atoms with Crippen molar-refractivity contribution in [2.24, 2.45) is 5.73 Å². The van der Waals surface area contributed by atoms with Gasteiger partial charge >= 0.3 is 0 Å². The van der Waals surface area contributed by atoms with E-state index >= 15 is 0 Å². The number of amides is 2. The summed E-state index contributed by atoms with van der Waals surface area (Å²) in [7, 11) is 0. The molecule has 2 amide bonds. The standard InChI is InChI=1S/C16H17N3O3/c1-11-5-7-12(8-6-11)9-18-16(22)13-3-2-4-15(21)19(13)10-14(17)20/h2-8H,9-10H2,1H3,(H2,17,20)(H,18,22). The molecule has 0 unspecified atom stereocenters. The molecular formula is C16H17N3O3. The number of carbonyl (C=O) groups excluding carboxylic acids is 2. The number of hydrogen-bond donors (Lipinski definition) is 2. The van der Waals surface area contributed by atoms with Gasteiger partial charge in [0.15, 0.2) is 0 Å². The second-order valence-corrected chi connectivity index (χ2v) is 4.97. The van der Waals surface area contributed by atoms with Crippen LogP contribution in [0.15, 0.2) is 47.3 Å². The maximum Gasteiger partial charge on any atom is 0.268 e. The van der Waals surface area contributed by atoms with Crippen LogP contribution in [0.25, 0.3) is 0 Å². The third-order valence-electron chi connectivity index (χ3n) is 3.17. The molecule has 2 rings (SSSR count). The van der Waals surface area contributed by atoms with Gasteiger partial charge in [0.25, 0.3) is 11.5 Å². The molecule has 0 saturated carbocycles. The van der Waals surface area contributed by atoms with E-state index in [9.17, 15) is 14.4 Å². The van der Waals surface area contributed by atoms with E-state index in [0.717, 1.165) is 15.7 Å². The molecule has 1 heterocycles. The summed E-state index contributed by atoms with van der Waals surface area (Å²) in [5.74, 6) is -1.11. The molecule has 3 N–H and O–H groups in total. The molecule has 0 spiro atoms. The summed E-state index contributed by atoms with van der Waals surface area (Å²) in [5.41, 5.74) is 6.85. The summed E-state index contributed by atoms with van der Waals surface area (Å²) in [6.07, 6.45) is 0. The summed E-state index contributed by atoms with van der Waals surface area (Å²) in [6, 6.07) is 12.0. The van der Waals surface area contributed by atoms with Crippen molar-refractivity contribution in [1.82, 2.24) is 9.88 Å². The maximum absolute atomic E-state index is 12.2. The summed E-state index contributed by atoms with van der Waals surface area (Å²) < 4.78 is 1.06. The monoisotopic (exact) mass is 299 g/mol. The van der Waals surface area contributed by atoms with Crippen molar-refractivity contribution in [2.45, 2.75) is 20.0 Å². The predicted octanol–water partition coefficient (Wildman–Crippen LogP) is 0.572. The minimum Gasteiger partial charge on any atom is -0.368 e. The quantitative estimate of drug-likeness (QED) is 0.845. The zero-order valence-electron chi connectivity index (χ0n) is 12.2. The highest BCUT2D eigenvalue weighted by molar-refractivity contribution is 5.93. The Labute approximate surface area is 127 Å². The van der Waals surface area contributed by atoms with Gasteiger partial charge in [-0.15, -0.1) is 0 Å². The van der Waals surface area contributed by atoms with Gasteiger partial charge < -0.3 is 11.1 Å². The lowest BCUT2D eigenvalue weighted by molar-refractivity contribution is -0.118. The normalized spacial score (nSPS) is 10.2. The molecule has 2 aromatic rings.